The molecule has 0 aromatic heterocycles. The summed E-state index contributed by atoms with van der Waals surface area (Å²) in [5, 5.41) is 12.8. The third-order valence-corrected chi connectivity index (χ3v) is 4.51. The highest BCUT2D eigenvalue weighted by Crippen LogP contribution is 2.37. The second kappa shape index (κ2) is 6.21. The summed E-state index contributed by atoms with van der Waals surface area (Å²) in [4.78, 5) is 2.43. The van der Waals surface area contributed by atoms with E-state index in [0.717, 1.165) is 37.3 Å². The van der Waals surface area contributed by atoms with Crippen LogP contribution in [0.4, 0.5) is 5.69 Å². The number of benzene rings is 2. The lowest BCUT2D eigenvalue weighted by Gasteiger charge is -2.31. The number of anilines is 1. The molecule has 3 heteroatoms. The van der Waals surface area contributed by atoms with Crippen LogP contribution in [0.15, 0.2) is 36.4 Å². The molecule has 3 nitrogen and oxygen atoms in total. The molecule has 0 saturated heterocycles. The van der Waals surface area contributed by atoms with Crippen molar-refractivity contribution in [1.29, 1.82) is 5.26 Å². The Morgan fingerprint density at radius 1 is 1.23 bits per heavy atom. The summed E-state index contributed by atoms with van der Waals surface area (Å²) in [6, 6.07) is 14.8. The van der Waals surface area contributed by atoms with Crippen molar-refractivity contribution >= 4 is 5.69 Å². The van der Waals surface area contributed by atoms with Crippen LogP contribution >= 0.6 is 0 Å². The molecular weight excluding hydrogens is 270 g/mol. The molecule has 0 bridgehead atoms. The molecule has 0 saturated carbocycles. The lowest BCUT2D eigenvalue weighted by Crippen LogP contribution is -2.31. The molecule has 2 aromatic rings. The standard InChI is InChI=1S/C19H21N3/c1-3-22-10-9-16-17(14-7-5-4-6-8-14)11-15(12-20)19(21-2)18(16)13-22/h4-8,11,21H,3,9-10,13H2,1-2H3. The second-order valence-corrected chi connectivity index (χ2v) is 5.65. The first-order valence-electron chi connectivity index (χ1n) is 7.82. The zero-order valence-electron chi connectivity index (χ0n) is 13.2. The van der Waals surface area contributed by atoms with E-state index in [1.807, 2.05) is 19.2 Å². The summed E-state index contributed by atoms with van der Waals surface area (Å²) < 4.78 is 0. The van der Waals surface area contributed by atoms with E-state index in [0.29, 0.717) is 0 Å². The van der Waals surface area contributed by atoms with Crippen molar-refractivity contribution in [1.82, 2.24) is 4.90 Å². The van der Waals surface area contributed by atoms with E-state index in [4.69, 9.17) is 0 Å². The minimum Gasteiger partial charge on any atom is -0.387 e. The molecule has 0 fully saturated rings. The second-order valence-electron chi connectivity index (χ2n) is 5.65. The fourth-order valence-corrected chi connectivity index (χ4v) is 3.33. The molecule has 1 aliphatic rings. The highest BCUT2D eigenvalue weighted by atomic mass is 15.1. The van der Waals surface area contributed by atoms with E-state index in [1.54, 1.807) is 0 Å². The number of nitrogens with zero attached hydrogens (tertiary/aromatic N) is 2. The Labute approximate surface area is 132 Å². The number of rotatable bonds is 3. The normalized spacial score (nSPS) is 14.2. The number of fused-ring (bicyclic) bond motifs is 1. The monoisotopic (exact) mass is 291 g/mol. The highest BCUT2D eigenvalue weighted by Gasteiger charge is 2.23. The minimum atomic E-state index is 0.734. The molecule has 2 aromatic carbocycles. The summed E-state index contributed by atoms with van der Waals surface area (Å²) in [7, 11) is 1.91. The lowest BCUT2D eigenvalue weighted by atomic mass is 9.87. The van der Waals surface area contributed by atoms with Crippen LogP contribution in [-0.2, 0) is 13.0 Å². The number of hydrogen-bond acceptors (Lipinski definition) is 3. The van der Waals surface area contributed by atoms with E-state index < -0.39 is 0 Å². The number of hydrogen-bond donors (Lipinski definition) is 1. The van der Waals surface area contributed by atoms with Gasteiger partial charge in [-0.3, -0.25) is 4.90 Å². The highest BCUT2D eigenvalue weighted by molar-refractivity contribution is 5.78. The van der Waals surface area contributed by atoms with Crippen molar-refractivity contribution in [3.05, 3.63) is 53.1 Å². The van der Waals surface area contributed by atoms with Crippen LogP contribution in [0, 0.1) is 11.3 Å². The van der Waals surface area contributed by atoms with Crippen molar-refractivity contribution in [3.63, 3.8) is 0 Å². The molecule has 0 aliphatic carbocycles. The minimum absolute atomic E-state index is 0.734. The molecule has 0 unspecified atom stereocenters. The van der Waals surface area contributed by atoms with Gasteiger partial charge >= 0.3 is 0 Å². The van der Waals surface area contributed by atoms with Gasteiger partial charge in [-0.05, 0) is 41.3 Å². The van der Waals surface area contributed by atoms with Crippen molar-refractivity contribution in [2.45, 2.75) is 19.9 Å². The van der Waals surface area contributed by atoms with Crippen molar-refractivity contribution < 1.29 is 0 Å². The lowest BCUT2D eigenvalue weighted by molar-refractivity contribution is 0.269. The van der Waals surface area contributed by atoms with Gasteiger partial charge in [0.1, 0.15) is 6.07 Å². The third kappa shape index (κ3) is 2.47. The van der Waals surface area contributed by atoms with E-state index in [9.17, 15) is 5.26 Å². The summed E-state index contributed by atoms with van der Waals surface area (Å²) in [5.74, 6) is 0. The molecule has 22 heavy (non-hydrogen) atoms. The quantitative estimate of drug-likeness (QED) is 0.938. The maximum Gasteiger partial charge on any atom is 0.101 e. The van der Waals surface area contributed by atoms with Crippen molar-refractivity contribution in [3.8, 4) is 17.2 Å². The van der Waals surface area contributed by atoms with E-state index in [1.165, 1.54) is 22.3 Å². The van der Waals surface area contributed by atoms with Crippen LogP contribution in [0.2, 0.25) is 0 Å². The summed E-state index contributed by atoms with van der Waals surface area (Å²) in [6.07, 6.45) is 1.04. The van der Waals surface area contributed by atoms with Crippen LogP contribution in [-0.4, -0.2) is 25.0 Å². The molecule has 1 heterocycles. The number of nitriles is 1. The van der Waals surface area contributed by atoms with Crippen LogP contribution in [0.25, 0.3) is 11.1 Å². The molecule has 0 amide bonds. The van der Waals surface area contributed by atoms with E-state index >= 15 is 0 Å². The van der Waals surface area contributed by atoms with E-state index in [-0.39, 0.29) is 0 Å². The summed E-state index contributed by atoms with van der Waals surface area (Å²) in [5.41, 5.74) is 6.81. The topological polar surface area (TPSA) is 39.1 Å². The largest absolute Gasteiger partial charge is 0.387 e. The van der Waals surface area contributed by atoms with Gasteiger partial charge in [-0.1, -0.05) is 37.3 Å². The van der Waals surface area contributed by atoms with Crippen molar-refractivity contribution in [2.24, 2.45) is 0 Å². The fraction of sp³-hybridized carbons (Fsp3) is 0.316. The van der Waals surface area contributed by atoms with Crippen LogP contribution in [0.5, 0.6) is 0 Å². The van der Waals surface area contributed by atoms with Gasteiger partial charge in [-0.2, -0.15) is 5.26 Å². The number of nitrogens with one attached hydrogen (secondary N) is 1. The SMILES string of the molecule is CCN1CCc2c(-c3ccccc3)cc(C#N)c(NC)c2C1. The first kappa shape index (κ1) is 14.6. The zero-order chi connectivity index (χ0) is 15.5. The third-order valence-electron chi connectivity index (χ3n) is 4.51. The average Bonchev–Trinajstić information content (AvgIpc) is 2.60. The zero-order valence-corrected chi connectivity index (χ0v) is 13.2. The van der Waals surface area contributed by atoms with Gasteiger partial charge in [-0.25, -0.2) is 0 Å². The van der Waals surface area contributed by atoms with Crippen LogP contribution < -0.4 is 5.32 Å². The van der Waals surface area contributed by atoms with Gasteiger partial charge in [0.15, 0.2) is 0 Å². The molecule has 0 atom stereocenters. The fourth-order valence-electron chi connectivity index (χ4n) is 3.33. The van der Waals surface area contributed by atoms with Gasteiger partial charge in [0.2, 0.25) is 0 Å². The van der Waals surface area contributed by atoms with Crippen LogP contribution in [0.3, 0.4) is 0 Å². The Bertz CT molecular complexity index is 714. The first-order valence-corrected chi connectivity index (χ1v) is 7.82. The molecule has 0 radical (unpaired) electrons. The number of likely N-dealkylation sites (N-methyl/N-ethyl adjacent to an activating group) is 1. The van der Waals surface area contributed by atoms with Gasteiger partial charge in [0.25, 0.3) is 0 Å². The van der Waals surface area contributed by atoms with Gasteiger partial charge in [-0.15, -0.1) is 0 Å². The Kier molecular flexibility index (Phi) is 4.13. The average molecular weight is 291 g/mol. The van der Waals surface area contributed by atoms with Gasteiger partial charge in [0, 0.05) is 20.1 Å². The molecule has 1 aliphatic heterocycles. The summed E-state index contributed by atoms with van der Waals surface area (Å²) >= 11 is 0. The Balaban J connectivity index is 2.23. The smallest absolute Gasteiger partial charge is 0.101 e. The Morgan fingerprint density at radius 2 is 2.00 bits per heavy atom. The van der Waals surface area contributed by atoms with E-state index in [2.05, 4.69) is 47.5 Å². The maximum atomic E-state index is 9.54. The molecule has 3 rings (SSSR count). The maximum absolute atomic E-state index is 9.54. The van der Waals surface area contributed by atoms with Gasteiger partial charge in [0.05, 0.1) is 11.3 Å². The summed E-state index contributed by atoms with van der Waals surface area (Å²) in [6.45, 7) is 5.23. The molecule has 0 spiro atoms. The molecule has 112 valence electrons. The Hall–Kier alpha value is -2.31. The predicted molar refractivity (Wildman–Crippen MR) is 90.8 cm³/mol. The van der Waals surface area contributed by atoms with Crippen LogP contribution in [0.1, 0.15) is 23.6 Å². The molecular formula is C19H21N3. The predicted octanol–water partition coefficient (Wildman–Crippen LogP) is 3.64. The molecule has 1 N–H and O–H groups in total. The van der Waals surface area contributed by atoms with Crippen molar-refractivity contribution in [2.75, 3.05) is 25.5 Å². The Morgan fingerprint density at radius 3 is 2.64 bits per heavy atom. The first-order chi connectivity index (χ1) is 10.8. The van der Waals surface area contributed by atoms with Gasteiger partial charge < -0.3 is 5.32 Å².